The highest BCUT2D eigenvalue weighted by molar-refractivity contribution is 5.79. The second-order valence-corrected chi connectivity index (χ2v) is 6.79. The van der Waals surface area contributed by atoms with E-state index < -0.39 is 0 Å². The van der Waals surface area contributed by atoms with Crippen LogP contribution in [0.25, 0.3) is 0 Å². The molecule has 1 amide bonds. The van der Waals surface area contributed by atoms with Crippen molar-refractivity contribution in [3.05, 3.63) is 23.7 Å². The van der Waals surface area contributed by atoms with Crippen LogP contribution in [0, 0.1) is 12.8 Å². The van der Waals surface area contributed by atoms with E-state index >= 15 is 0 Å². The van der Waals surface area contributed by atoms with Crippen LogP contribution in [0.1, 0.15) is 56.5 Å². The number of amides is 1. The average Bonchev–Trinajstić information content (AvgIpc) is 3.12. The fourth-order valence-electron chi connectivity index (χ4n) is 3.95. The van der Waals surface area contributed by atoms with Crippen LogP contribution < -0.4 is 5.32 Å². The summed E-state index contributed by atoms with van der Waals surface area (Å²) in [6.45, 7) is 4.75. The molecule has 0 spiro atoms. The summed E-state index contributed by atoms with van der Waals surface area (Å²) in [6, 6.07) is 4.48. The largest absolute Gasteiger partial charge is 0.465 e. The molecule has 0 bridgehead atoms. The van der Waals surface area contributed by atoms with Crippen LogP contribution in [-0.4, -0.2) is 29.9 Å². The van der Waals surface area contributed by atoms with Gasteiger partial charge in [0.15, 0.2) is 0 Å². The minimum absolute atomic E-state index is 0.161. The number of nitrogens with one attached hydrogen (secondary N) is 1. The monoisotopic (exact) mass is 304 g/mol. The molecule has 4 nitrogen and oxygen atoms in total. The van der Waals surface area contributed by atoms with Crippen molar-refractivity contribution >= 4 is 5.91 Å². The quantitative estimate of drug-likeness (QED) is 0.912. The Hall–Kier alpha value is -1.29. The maximum absolute atomic E-state index is 12.5. The van der Waals surface area contributed by atoms with Crippen molar-refractivity contribution < 1.29 is 9.21 Å². The third kappa shape index (κ3) is 3.72. The number of fused-ring (bicyclic) bond motifs is 1. The van der Waals surface area contributed by atoms with Gasteiger partial charge in [-0.05, 0) is 51.3 Å². The Morgan fingerprint density at radius 3 is 2.86 bits per heavy atom. The maximum Gasteiger partial charge on any atom is 0.224 e. The van der Waals surface area contributed by atoms with Crippen LogP contribution in [0.5, 0.6) is 0 Å². The third-order valence-corrected chi connectivity index (χ3v) is 5.11. The van der Waals surface area contributed by atoms with Crippen molar-refractivity contribution in [2.75, 3.05) is 13.1 Å². The zero-order valence-electron chi connectivity index (χ0n) is 13.6. The van der Waals surface area contributed by atoms with Crippen LogP contribution in [0.2, 0.25) is 0 Å². The second kappa shape index (κ2) is 7.32. The number of furan rings is 1. The van der Waals surface area contributed by atoms with Gasteiger partial charge in [0.25, 0.3) is 0 Å². The Bertz CT molecular complexity index is 497. The van der Waals surface area contributed by atoms with Crippen LogP contribution in [0.3, 0.4) is 0 Å². The fraction of sp³-hybridized carbons (Fsp3) is 0.722. The first-order valence-corrected chi connectivity index (χ1v) is 8.81. The van der Waals surface area contributed by atoms with Gasteiger partial charge in [-0.2, -0.15) is 0 Å². The number of carbonyl (C=O) groups excluding carboxylic acids is 1. The Labute approximate surface area is 133 Å². The molecule has 2 fully saturated rings. The van der Waals surface area contributed by atoms with E-state index in [1.165, 1.54) is 19.3 Å². The van der Waals surface area contributed by atoms with Gasteiger partial charge in [-0.25, -0.2) is 0 Å². The summed E-state index contributed by atoms with van der Waals surface area (Å²) in [4.78, 5) is 15.0. The summed E-state index contributed by atoms with van der Waals surface area (Å²) in [7, 11) is 0. The molecule has 1 saturated carbocycles. The van der Waals surface area contributed by atoms with Gasteiger partial charge in [-0.15, -0.1) is 0 Å². The molecule has 1 aliphatic carbocycles. The van der Waals surface area contributed by atoms with E-state index in [1.807, 2.05) is 13.0 Å². The first kappa shape index (κ1) is 15.6. The molecular formula is C18H28N2O2. The predicted octanol–water partition coefficient (Wildman–Crippen LogP) is 3.25. The van der Waals surface area contributed by atoms with E-state index in [0.717, 1.165) is 56.8 Å². The minimum atomic E-state index is 0.161. The summed E-state index contributed by atoms with van der Waals surface area (Å²) in [5, 5.41) is 3.15. The molecule has 1 aromatic heterocycles. The zero-order chi connectivity index (χ0) is 15.4. The van der Waals surface area contributed by atoms with E-state index in [2.05, 4.69) is 16.3 Å². The summed E-state index contributed by atoms with van der Waals surface area (Å²) in [5.41, 5.74) is 0. The van der Waals surface area contributed by atoms with Crippen LogP contribution in [0.15, 0.2) is 16.5 Å². The number of hydrogen-bond donors (Lipinski definition) is 1. The van der Waals surface area contributed by atoms with Crippen molar-refractivity contribution in [3.63, 3.8) is 0 Å². The normalized spacial score (nSPS) is 28.0. The van der Waals surface area contributed by atoms with Crippen molar-refractivity contribution in [1.82, 2.24) is 10.2 Å². The number of nitrogens with zero attached hydrogens (tertiary/aromatic N) is 1. The second-order valence-electron chi connectivity index (χ2n) is 6.79. The highest BCUT2D eigenvalue weighted by Gasteiger charge is 2.36. The van der Waals surface area contributed by atoms with Crippen LogP contribution in [-0.2, 0) is 11.3 Å². The van der Waals surface area contributed by atoms with E-state index in [-0.39, 0.29) is 11.8 Å². The number of aryl methyl sites for hydroxylation is 1. The van der Waals surface area contributed by atoms with Crippen molar-refractivity contribution in [1.29, 1.82) is 0 Å². The average molecular weight is 304 g/mol. The molecule has 2 aliphatic rings. The molecule has 2 atom stereocenters. The highest BCUT2D eigenvalue weighted by atomic mass is 16.3. The number of carbonyl (C=O) groups is 1. The summed E-state index contributed by atoms with van der Waals surface area (Å²) in [5.74, 6) is 2.42. The number of hydrogen-bond acceptors (Lipinski definition) is 3. The van der Waals surface area contributed by atoms with Gasteiger partial charge in [0, 0.05) is 12.6 Å². The lowest BCUT2D eigenvalue weighted by atomic mass is 10.0. The topological polar surface area (TPSA) is 45.5 Å². The van der Waals surface area contributed by atoms with E-state index in [4.69, 9.17) is 4.42 Å². The SMILES string of the molecule is Cc1ccc(CN2CCCCCCNC(=O)[C@@H]3CCC[C@@H]32)o1. The van der Waals surface area contributed by atoms with Crippen LogP contribution >= 0.6 is 0 Å². The lowest BCUT2D eigenvalue weighted by molar-refractivity contribution is -0.126. The van der Waals surface area contributed by atoms with E-state index in [9.17, 15) is 4.79 Å². The van der Waals surface area contributed by atoms with Gasteiger partial charge in [0.2, 0.25) is 5.91 Å². The van der Waals surface area contributed by atoms with Gasteiger partial charge in [-0.3, -0.25) is 9.69 Å². The van der Waals surface area contributed by atoms with Crippen molar-refractivity contribution in [2.24, 2.45) is 5.92 Å². The van der Waals surface area contributed by atoms with E-state index in [0.29, 0.717) is 6.04 Å². The standard InChI is InChI=1S/C18H28N2O2/c1-14-9-10-15(22-14)13-20-12-5-3-2-4-11-19-18(21)16-7-6-8-17(16)20/h9-10,16-17H,2-8,11-13H2,1H3,(H,19,21)/t16-,17+/m1/s1. The molecule has 1 aromatic rings. The smallest absolute Gasteiger partial charge is 0.224 e. The molecule has 22 heavy (non-hydrogen) atoms. The van der Waals surface area contributed by atoms with Gasteiger partial charge in [0.05, 0.1) is 12.5 Å². The highest BCUT2D eigenvalue weighted by Crippen LogP contribution is 2.32. The Kier molecular flexibility index (Phi) is 5.19. The molecule has 0 radical (unpaired) electrons. The zero-order valence-corrected chi connectivity index (χ0v) is 13.6. The lowest BCUT2D eigenvalue weighted by Gasteiger charge is -2.31. The Morgan fingerprint density at radius 1 is 1.18 bits per heavy atom. The Balaban J connectivity index is 1.75. The van der Waals surface area contributed by atoms with Crippen LogP contribution in [0.4, 0.5) is 0 Å². The maximum atomic E-state index is 12.5. The molecule has 1 N–H and O–H groups in total. The lowest BCUT2D eigenvalue weighted by Crippen LogP contribution is -2.44. The summed E-state index contributed by atoms with van der Waals surface area (Å²) < 4.78 is 5.77. The summed E-state index contributed by atoms with van der Waals surface area (Å²) >= 11 is 0. The molecule has 4 heteroatoms. The first-order chi connectivity index (χ1) is 10.7. The fourth-order valence-corrected chi connectivity index (χ4v) is 3.95. The van der Waals surface area contributed by atoms with Gasteiger partial charge in [-0.1, -0.05) is 19.3 Å². The number of rotatable bonds is 2. The van der Waals surface area contributed by atoms with Gasteiger partial charge in [0.1, 0.15) is 11.5 Å². The minimum Gasteiger partial charge on any atom is -0.465 e. The third-order valence-electron chi connectivity index (χ3n) is 5.11. The Morgan fingerprint density at radius 2 is 2.05 bits per heavy atom. The first-order valence-electron chi connectivity index (χ1n) is 8.81. The van der Waals surface area contributed by atoms with Gasteiger partial charge >= 0.3 is 0 Å². The molecule has 3 rings (SSSR count). The molecule has 122 valence electrons. The van der Waals surface area contributed by atoms with Crippen molar-refractivity contribution in [3.8, 4) is 0 Å². The van der Waals surface area contributed by atoms with Crippen molar-refractivity contribution in [2.45, 2.75) is 64.5 Å². The molecule has 1 saturated heterocycles. The molecule has 0 unspecified atom stereocenters. The predicted molar refractivity (Wildman–Crippen MR) is 86.5 cm³/mol. The molecule has 0 aromatic carbocycles. The van der Waals surface area contributed by atoms with Gasteiger partial charge < -0.3 is 9.73 Å². The molecule has 1 aliphatic heterocycles. The molecule has 2 heterocycles. The molecular weight excluding hydrogens is 276 g/mol. The summed E-state index contributed by atoms with van der Waals surface area (Å²) in [6.07, 6.45) is 8.13. The van der Waals surface area contributed by atoms with E-state index in [1.54, 1.807) is 0 Å².